The summed E-state index contributed by atoms with van der Waals surface area (Å²) in [6.45, 7) is 0.420. The molecule has 2 rings (SSSR count). The summed E-state index contributed by atoms with van der Waals surface area (Å²) >= 11 is 3.35. The highest BCUT2D eigenvalue weighted by molar-refractivity contribution is 9.10. The predicted molar refractivity (Wildman–Crippen MR) is 80.5 cm³/mol. The summed E-state index contributed by atoms with van der Waals surface area (Å²) in [6, 6.07) is 10.1. The first-order valence-corrected chi connectivity index (χ1v) is 7.78. The van der Waals surface area contributed by atoms with Crippen molar-refractivity contribution >= 4 is 32.4 Å². The molecule has 0 radical (unpaired) electrons. The van der Waals surface area contributed by atoms with Crippen molar-refractivity contribution in [3.8, 4) is 0 Å². The first-order chi connectivity index (χ1) is 9.08. The molecule has 1 heterocycles. The van der Waals surface area contributed by atoms with E-state index in [1.807, 2.05) is 0 Å². The van der Waals surface area contributed by atoms with Crippen LogP contribution < -0.4 is 11.3 Å². The highest BCUT2D eigenvalue weighted by atomic mass is 79.9. The molecule has 0 spiro atoms. The van der Waals surface area contributed by atoms with E-state index in [1.165, 1.54) is 6.07 Å². The van der Waals surface area contributed by atoms with E-state index in [1.54, 1.807) is 41.1 Å². The molecule has 0 fully saturated rings. The summed E-state index contributed by atoms with van der Waals surface area (Å²) in [7, 11) is -1.17. The lowest BCUT2D eigenvalue weighted by atomic mass is 10.3. The lowest BCUT2D eigenvalue weighted by Crippen LogP contribution is -2.21. The Morgan fingerprint density at radius 1 is 1.26 bits per heavy atom. The van der Waals surface area contributed by atoms with Crippen molar-refractivity contribution in [3.63, 3.8) is 0 Å². The van der Waals surface area contributed by atoms with Crippen LogP contribution in [-0.4, -0.2) is 14.5 Å². The first kappa shape index (κ1) is 14.0. The van der Waals surface area contributed by atoms with Gasteiger partial charge in [0, 0.05) is 34.7 Å². The van der Waals surface area contributed by atoms with Crippen LogP contribution in [0.25, 0.3) is 0 Å². The molecule has 2 aromatic rings. The smallest absolute Gasteiger partial charge is 0.250 e. The van der Waals surface area contributed by atoms with Crippen molar-refractivity contribution in [2.75, 3.05) is 11.5 Å². The van der Waals surface area contributed by atoms with E-state index in [0.717, 1.165) is 4.47 Å². The highest BCUT2D eigenvalue weighted by Gasteiger charge is 2.09. The fourth-order valence-electron chi connectivity index (χ4n) is 1.64. The van der Waals surface area contributed by atoms with E-state index in [-0.39, 0.29) is 5.56 Å². The van der Waals surface area contributed by atoms with Gasteiger partial charge in [0.15, 0.2) is 0 Å². The van der Waals surface area contributed by atoms with Crippen LogP contribution in [0.4, 0.5) is 5.69 Å². The second-order valence-corrected chi connectivity index (χ2v) is 6.37. The van der Waals surface area contributed by atoms with Gasteiger partial charge in [-0.1, -0.05) is 6.07 Å². The molecule has 6 heteroatoms. The standard InChI is InChI=1S/C13H13BrN2O2S/c14-11-9-10(15)4-5-12(11)19(18)8-7-16-6-2-1-3-13(16)17/h1-6,9H,7-8,15H2. The van der Waals surface area contributed by atoms with Gasteiger partial charge >= 0.3 is 0 Å². The van der Waals surface area contributed by atoms with Crippen LogP contribution >= 0.6 is 15.9 Å². The number of nitrogen functional groups attached to an aromatic ring is 1. The van der Waals surface area contributed by atoms with Crippen LogP contribution in [0.15, 0.2) is 56.8 Å². The Hall–Kier alpha value is -1.40. The van der Waals surface area contributed by atoms with Gasteiger partial charge in [0.25, 0.3) is 5.56 Å². The Morgan fingerprint density at radius 3 is 2.74 bits per heavy atom. The molecule has 0 bridgehead atoms. The Bertz CT molecular complexity index is 670. The fourth-order valence-corrected chi connectivity index (χ4v) is 3.66. The molecule has 0 saturated heterocycles. The summed E-state index contributed by atoms with van der Waals surface area (Å²) < 4.78 is 14.5. The number of nitrogens with zero attached hydrogens (tertiary/aromatic N) is 1. The molecule has 2 N–H and O–H groups in total. The van der Waals surface area contributed by atoms with Crippen molar-refractivity contribution in [1.82, 2.24) is 4.57 Å². The molecular formula is C13H13BrN2O2S. The Kier molecular flexibility index (Phi) is 4.55. The number of aryl methyl sites for hydroxylation is 1. The summed E-state index contributed by atoms with van der Waals surface area (Å²) in [5.41, 5.74) is 6.17. The van der Waals surface area contributed by atoms with Gasteiger partial charge in [-0.3, -0.25) is 9.00 Å². The SMILES string of the molecule is Nc1ccc(S(=O)CCn2ccccc2=O)c(Br)c1. The second kappa shape index (κ2) is 6.16. The van der Waals surface area contributed by atoms with Crippen LogP contribution in [-0.2, 0) is 17.3 Å². The average Bonchev–Trinajstić information content (AvgIpc) is 2.37. The molecule has 1 atom stereocenters. The number of halogens is 1. The maximum absolute atomic E-state index is 12.2. The minimum Gasteiger partial charge on any atom is -0.399 e. The minimum absolute atomic E-state index is 0.0872. The van der Waals surface area contributed by atoms with Crippen LogP contribution in [0, 0.1) is 0 Å². The van der Waals surface area contributed by atoms with Gasteiger partial charge in [-0.15, -0.1) is 0 Å². The highest BCUT2D eigenvalue weighted by Crippen LogP contribution is 2.23. The predicted octanol–water partition coefficient (Wildman–Crippen LogP) is 2.00. The molecule has 0 aliphatic heterocycles. The average molecular weight is 341 g/mol. The van der Waals surface area contributed by atoms with Crippen molar-refractivity contribution in [1.29, 1.82) is 0 Å². The van der Waals surface area contributed by atoms with E-state index >= 15 is 0 Å². The number of rotatable bonds is 4. The number of hydrogen-bond acceptors (Lipinski definition) is 3. The molecule has 0 saturated carbocycles. The molecule has 1 aromatic heterocycles. The molecule has 0 amide bonds. The largest absolute Gasteiger partial charge is 0.399 e. The lowest BCUT2D eigenvalue weighted by molar-refractivity contribution is 0.668. The zero-order chi connectivity index (χ0) is 13.8. The van der Waals surface area contributed by atoms with Crippen LogP contribution in [0.2, 0.25) is 0 Å². The van der Waals surface area contributed by atoms with Crippen molar-refractivity contribution in [2.24, 2.45) is 0 Å². The summed E-state index contributed by atoms with van der Waals surface area (Å²) in [5.74, 6) is 0.381. The van der Waals surface area contributed by atoms with E-state index in [4.69, 9.17) is 5.73 Å². The number of aromatic nitrogens is 1. The number of anilines is 1. The van der Waals surface area contributed by atoms with E-state index in [2.05, 4.69) is 15.9 Å². The zero-order valence-electron chi connectivity index (χ0n) is 10.1. The third kappa shape index (κ3) is 3.54. The number of hydrogen-bond donors (Lipinski definition) is 1. The van der Waals surface area contributed by atoms with Gasteiger partial charge in [0.1, 0.15) is 0 Å². The Labute approximate surface area is 121 Å². The summed E-state index contributed by atoms with van der Waals surface area (Å²) in [6.07, 6.45) is 1.69. The first-order valence-electron chi connectivity index (χ1n) is 5.67. The van der Waals surface area contributed by atoms with Gasteiger partial charge in [-0.2, -0.15) is 0 Å². The normalized spacial score (nSPS) is 12.3. The fraction of sp³-hybridized carbons (Fsp3) is 0.154. The molecule has 1 aromatic carbocycles. The quantitative estimate of drug-likeness (QED) is 0.865. The van der Waals surface area contributed by atoms with Crippen LogP contribution in [0.3, 0.4) is 0 Å². The third-order valence-corrected chi connectivity index (χ3v) is 4.94. The van der Waals surface area contributed by atoms with E-state index in [0.29, 0.717) is 22.9 Å². The lowest BCUT2D eigenvalue weighted by Gasteiger charge is -2.07. The van der Waals surface area contributed by atoms with Crippen LogP contribution in [0.1, 0.15) is 0 Å². The number of pyridine rings is 1. The monoisotopic (exact) mass is 340 g/mol. The molecule has 4 nitrogen and oxygen atoms in total. The molecule has 100 valence electrons. The molecule has 0 aliphatic carbocycles. The second-order valence-electron chi connectivity index (χ2n) is 3.97. The zero-order valence-corrected chi connectivity index (χ0v) is 12.5. The Morgan fingerprint density at radius 2 is 2.05 bits per heavy atom. The number of nitrogens with two attached hydrogens (primary N) is 1. The topological polar surface area (TPSA) is 65.1 Å². The maximum Gasteiger partial charge on any atom is 0.250 e. The van der Waals surface area contributed by atoms with Crippen molar-refractivity contribution < 1.29 is 4.21 Å². The van der Waals surface area contributed by atoms with Gasteiger partial charge in [0.05, 0.1) is 15.7 Å². The van der Waals surface area contributed by atoms with Crippen molar-refractivity contribution in [2.45, 2.75) is 11.4 Å². The molecular weight excluding hydrogens is 328 g/mol. The van der Waals surface area contributed by atoms with Gasteiger partial charge in [0.2, 0.25) is 0 Å². The minimum atomic E-state index is -1.17. The summed E-state index contributed by atoms with van der Waals surface area (Å²) in [5, 5.41) is 0. The van der Waals surface area contributed by atoms with Gasteiger partial charge < -0.3 is 10.3 Å². The molecule has 19 heavy (non-hydrogen) atoms. The van der Waals surface area contributed by atoms with Gasteiger partial charge in [-0.05, 0) is 40.2 Å². The van der Waals surface area contributed by atoms with E-state index in [9.17, 15) is 9.00 Å². The maximum atomic E-state index is 12.2. The molecule has 0 aliphatic rings. The number of benzene rings is 1. The molecule has 1 unspecified atom stereocenters. The summed E-state index contributed by atoms with van der Waals surface area (Å²) in [4.78, 5) is 12.2. The van der Waals surface area contributed by atoms with E-state index < -0.39 is 10.8 Å². The Balaban J connectivity index is 2.10. The van der Waals surface area contributed by atoms with Crippen molar-refractivity contribution in [3.05, 3.63) is 57.4 Å². The van der Waals surface area contributed by atoms with Crippen LogP contribution in [0.5, 0.6) is 0 Å². The van der Waals surface area contributed by atoms with Gasteiger partial charge in [-0.25, -0.2) is 0 Å². The third-order valence-electron chi connectivity index (χ3n) is 2.62.